The van der Waals surface area contributed by atoms with Gasteiger partial charge in [-0.05, 0) is 18.6 Å². The second-order valence-electron chi connectivity index (χ2n) is 4.22. The zero-order chi connectivity index (χ0) is 14.8. The molecule has 0 amide bonds. The minimum absolute atomic E-state index is 0.0748. The Hall–Kier alpha value is -0.930. The Morgan fingerprint density at radius 1 is 1.26 bits per heavy atom. The topological polar surface area (TPSA) is 106 Å². The van der Waals surface area contributed by atoms with Crippen LogP contribution in [-0.2, 0) is 25.4 Å². The van der Waals surface area contributed by atoms with Crippen molar-refractivity contribution in [2.75, 3.05) is 17.8 Å². The van der Waals surface area contributed by atoms with E-state index in [0.29, 0.717) is 10.4 Å². The molecule has 0 fully saturated rings. The molecule has 0 spiro atoms. The highest BCUT2D eigenvalue weighted by molar-refractivity contribution is 7.94. The maximum atomic E-state index is 11.8. The minimum atomic E-state index is -3.57. The molecule has 19 heavy (non-hydrogen) atoms. The first-order valence-electron chi connectivity index (χ1n) is 5.21. The number of carboxylic acid groups (broad SMARTS) is 1. The van der Waals surface area contributed by atoms with E-state index < -0.39 is 37.1 Å². The SMILES string of the molecule is Cc1sc(C(=O)O)cc1CS(=O)(=O)CCS(C)(=O)=O. The van der Waals surface area contributed by atoms with Gasteiger partial charge < -0.3 is 5.11 Å². The van der Waals surface area contributed by atoms with Gasteiger partial charge in [0.15, 0.2) is 9.84 Å². The molecule has 0 radical (unpaired) electrons. The molecule has 9 heteroatoms. The standard InChI is InChI=1S/C10H14O6S3/c1-7-8(5-9(17-7)10(11)12)6-19(15,16)4-3-18(2,13)14/h5H,3-4,6H2,1-2H3,(H,11,12). The Balaban J connectivity index is 2.87. The van der Waals surface area contributed by atoms with Crippen LogP contribution >= 0.6 is 11.3 Å². The van der Waals surface area contributed by atoms with E-state index in [0.717, 1.165) is 17.6 Å². The molecular formula is C10H14O6S3. The van der Waals surface area contributed by atoms with Crippen LogP contribution in [0, 0.1) is 6.92 Å². The Kier molecular flexibility index (Phi) is 4.75. The molecule has 6 nitrogen and oxygen atoms in total. The molecule has 1 heterocycles. The fourth-order valence-corrected chi connectivity index (χ4v) is 5.47. The van der Waals surface area contributed by atoms with Gasteiger partial charge in [-0.25, -0.2) is 21.6 Å². The van der Waals surface area contributed by atoms with E-state index >= 15 is 0 Å². The first kappa shape index (κ1) is 16.1. The number of thiophene rings is 1. The van der Waals surface area contributed by atoms with E-state index in [-0.39, 0.29) is 10.6 Å². The zero-order valence-corrected chi connectivity index (χ0v) is 12.9. The summed E-state index contributed by atoms with van der Waals surface area (Å²) >= 11 is 1.00. The van der Waals surface area contributed by atoms with Crippen molar-refractivity contribution in [1.29, 1.82) is 0 Å². The Labute approximate surface area is 115 Å². The monoisotopic (exact) mass is 326 g/mol. The number of carbonyl (C=O) groups is 1. The normalized spacial score (nSPS) is 12.5. The first-order valence-corrected chi connectivity index (χ1v) is 9.91. The molecule has 1 N–H and O–H groups in total. The maximum absolute atomic E-state index is 11.8. The quantitative estimate of drug-likeness (QED) is 0.825. The van der Waals surface area contributed by atoms with Gasteiger partial charge in [0.05, 0.1) is 17.3 Å². The third-order valence-corrected chi connectivity index (χ3v) is 6.23. The third kappa shape index (κ3) is 5.29. The van der Waals surface area contributed by atoms with Crippen molar-refractivity contribution in [3.05, 3.63) is 21.4 Å². The lowest BCUT2D eigenvalue weighted by molar-refractivity contribution is 0.0702. The third-order valence-electron chi connectivity index (χ3n) is 2.37. The summed E-state index contributed by atoms with van der Waals surface area (Å²) in [6.45, 7) is 1.64. The van der Waals surface area contributed by atoms with Gasteiger partial charge in [0, 0.05) is 11.1 Å². The Bertz CT molecular complexity index is 681. The van der Waals surface area contributed by atoms with Crippen LogP contribution in [0.1, 0.15) is 20.1 Å². The van der Waals surface area contributed by atoms with Crippen molar-refractivity contribution < 1.29 is 26.7 Å². The number of rotatable bonds is 6. The molecule has 0 aromatic carbocycles. The van der Waals surface area contributed by atoms with Crippen LogP contribution in [0.4, 0.5) is 0 Å². The Morgan fingerprint density at radius 2 is 1.84 bits per heavy atom. The van der Waals surface area contributed by atoms with Crippen LogP contribution in [0.15, 0.2) is 6.07 Å². The highest BCUT2D eigenvalue weighted by Gasteiger charge is 2.19. The average molecular weight is 326 g/mol. The largest absolute Gasteiger partial charge is 0.477 e. The fraction of sp³-hybridized carbons (Fsp3) is 0.500. The fourth-order valence-electron chi connectivity index (χ4n) is 1.36. The average Bonchev–Trinajstić information content (AvgIpc) is 2.56. The summed E-state index contributed by atoms with van der Waals surface area (Å²) in [5.41, 5.74) is 0.413. The predicted molar refractivity (Wildman–Crippen MR) is 73.2 cm³/mol. The molecule has 0 atom stereocenters. The van der Waals surface area contributed by atoms with Crippen molar-refractivity contribution in [3.8, 4) is 0 Å². The number of aromatic carboxylic acids is 1. The van der Waals surface area contributed by atoms with Gasteiger partial charge in [-0.3, -0.25) is 0 Å². The van der Waals surface area contributed by atoms with E-state index in [4.69, 9.17) is 5.11 Å². The van der Waals surface area contributed by atoms with Crippen molar-refractivity contribution in [3.63, 3.8) is 0 Å². The summed E-state index contributed by atoms with van der Waals surface area (Å²) in [5, 5.41) is 8.81. The molecular weight excluding hydrogens is 312 g/mol. The number of hydrogen-bond acceptors (Lipinski definition) is 6. The molecule has 0 bridgehead atoms. The molecule has 0 aliphatic heterocycles. The molecule has 0 saturated heterocycles. The second kappa shape index (κ2) is 5.59. The predicted octanol–water partition coefficient (Wildman–Crippen LogP) is 0.714. The van der Waals surface area contributed by atoms with Gasteiger partial charge in [0.2, 0.25) is 0 Å². The lowest BCUT2D eigenvalue weighted by atomic mass is 10.3. The van der Waals surface area contributed by atoms with Gasteiger partial charge in [-0.1, -0.05) is 0 Å². The van der Waals surface area contributed by atoms with Crippen molar-refractivity contribution in [2.24, 2.45) is 0 Å². The van der Waals surface area contributed by atoms with E-state index in [1.807, 2.05) is 0 Å². The number of aryl methyl sites for hydroxylation is 1. The number of carboxylic acids is 1. The second-order valence-corrected chi connectivity index (χ2v) is 9.92. The van der Waals surface area contributed by atoms with E-state index in [2.05, 4.69) is 0 Å². The summed E-state index contributed by atoms with van der Waals surface area (Å²) in [5.74, 6) is -2.32. The summed E-state index contributed by atoms with van der Waals surface area (Å²) in [4.78, 5) is 11.5. The van der Waals surface area contributed by atoms with Gasteiger partial charge in [0.25, 0.3) is 0 Å². The van der Waals surface area contributed by atoms with Gasteiger partial charge in [-0.2, -0.15) is 0 Å². The summed E-state index contributed by atoms with van der Waals surface area (Å²) < 4.78 is 45.4. The molecule has 0 saturated carbocycles. The van der Waals surface area contributed by atoms with E-state index in [1.165, 1.54) is 6.07 Å². The van der Waals surface area contributed by atoms with Gasteiger partial charge in [0.1, 0.15) is 14.7 Å². The van der Waals surface area contributed by atoms with E-state index in [1.54, 1.807) is 6.92 Å². The van der Waals surface area contributed by atoms with Crippen LogP contribution in [-0.4, -0.2) is 45.7 Å². The van der Waals surface area contributed by atoms with Gasteiger partial charge >= 0.3 is 5.97 Å². The van der Waals surface area contributed by atoms with E-state index in [9.17, 15) is 21.6 Å². The summed E-state index contributed by atoms with van der Waals surface area (Å²) in [7, 11) is -6.91. The molecule has 108 valence electrons. The zero-order valence-electron chi connectivity index (χ0n) is 10.4. The number of sulfone groups is 2. The lowest BCUT2D eigenvalue weighted by Crippen LogP contribution is -2.17. The van der Waals surface area contributed by atoms with Crippen molar-refractivity contribution in [1.82, 2.24) is 0 Å². The maximum Gasteiger partial charge on any atom is 0.345 e. The summed E-state index contributed by atoms with van der Waals surface area (Å²) in [6.07, 6.45) is 0.973. The van der Waals surface area contributed by atoms with Gasteiger partial charge in [-0.15, -0.1) is 11.3 Å². The minimum Gasteiger partial charge on any atom is -0.477 e. The molecule has 0 aliphatic rings. The lowest BCUT2D eigenvalue weighted by Gasteiger charge is -2.03. The molecule has 1 aromatic heterocycles. The number of hydrogen-bond donors (Lipinski definition) is 1. The highest BCUT2D eigenvalue weighted by Crippen LogP contribution is 2.23. The summed E-state index contributed by atoms with van der Waals surface area (Å²) in [6, 6.07) is 1.32. The molecule has 1 rings (SSSR count). The molecule has 1 aromatic rings. The van der Waals surface area contributed by atoms with Crippen molar-refractivity contribution >= 4 is 37.0 Å². The molecule has 0 unspecified atom stereocenters. The Morgan fingerprint density at radius 3 is 2.26 bits per heavy atom. The first-order chi connectivity index (χ1) is 8.50. The van der Waals surface area contributed by atoms with Crippen LogP contribution < -0.4 is 0 Å². The smallest absolute Gasteiger partial charge is 0.345 e. The van der Waals surface area contributed by atoms with Crippen LogP contribution in [0.25, 0.3) is 0 Å². The van der Waals surface area contributed by atoms with Crippen LogP contribution in [0.3, 0.4) is 0 Å². The highest BCUT2D eigenvalue weighted by atomic mass is 32.2. The molecule has 0 aliphatic carbocycles. The van der Waals surface area contributed by atoms with Crippen LogP contribution in [0.5, 0.6) is 0 Å². The van der Waals surface area contributed by atoms with Crippen molar-refractivity contribution in [2.45, 2.75) is 12.7 Å². The van der Waals surface area contributed by atoms with Crippen LogP contribution in [0.2, 0.25) is 0 Å².